The third-order valence-corrected chi connectivity index (χ3v) is 3.59. The van der Waals surface area contributed by atoms with Crippen LogP contribution in [-0.4, -0.2) is 34.8 Å². The van der Waals surface area contributed by atoms with Crippen LogP contribution in [0.5, 0.6) is 5.75 Å². The second kappa shape index (κ2) is 7.37. The number of hydrogen-bond acceptors (Lipinski definition) is 3. The molecule has 2 rings (SSSR count). The Bertz CT molecular complexity index is 584. The van der Waals surface area contributed by atoms with Crippen LogP contribution in [0.3, 0.4) is 0 Å². The maximum atomic E-state index is 13.8. The van der Waals surface area contributed by atoms with Crippen LogP contribution < -0.4 is 4.74 Å². The first-order chi connectivity index (χ1) is 10.9. The summed E-state index contributed by atoms with van der Waals surface area (Å²) < 4.78 is 32.7. The molecule has 0 unspecified atom stereocenters. The molecule has 0 fully saturated rings. The van der Waals surface area contributed by atoms with Crippen LogP contribution in [-0.2, 0) is 4.79 Å². The molecule has 4 nitrogen and oxygen atoms in total. The molecule has 1 aromatic rings. The summed E-state index contributed by atoms with van der Waals surface area (Å²) >= 11 is 0. The van der Waals surface area contributed by atoms with E-state index in [1.54, 1.807) is 36.4 Å². The van der Waals surface area contributed by atoms with Gasteiger partial charge < -0.3 is 14.9 Å². The maximum Gasteiger partial charge on any atom is 0.303 e. The molecule has 3 atom stereocenters. The van der Waals surface area contributed by atoms with Crippen molar-refractivity contribution in [3.05, 3.63) is 54.6 Å². The molecular weight excluding hydrogens is 306 g/mol. The summed E-state index contributed by atoms with van der Waals surface area (Å²) in [5, 5.41) is 18.6. The van der Waals surface area contributed by atoms with Gasteiger partial charge in [-0.15, -0.1) is 0 Å². The van der Waals surface area contributed by atoms with E-state index in [0.717, 1.165) is 0 Å². The fraction of sp³-hybridized carbons (Fsp3) is 0.353. The number of carboxylic acid groups (broad SMARTS) is 1. The van der Waals surface area contributed by atoms with Crippen molar-refractivity contribution in [2.45, 2.75) is 18.4 Å². The third kappa shape index (κ3) is 5.17. The summed E-state index contributed by atoms with van der Waals surface area (Å²) in [6.07, 6.45) is 3.65. The lowest BCUT2D eigenvalue weighted by molar-refractivity contribution is -0.138. The van der Waals surface area contributed by atoms with Crippen LogP contribution in [0, 0.1) is 11.8 Å². The number of ether oxygens (including phenoxy) is 1. The molecule has 0 bridgehead atoms. The quantitative estimate of drug-likeness (QED) is 0.757. The topological polar surface area (TPSA) is 66.8 Å². The lowest BCUT2D eigenvalue weighted by Crippen LogP contribution is -2.25. The number of allylic oxidation sites excluding steroid dienone is 1. The smallest absolute Gasteiger partial charge is 0.303 e. The number of carboxylic acids is 1. The Balaban J connectivity index is 1.95. The number of halogens is 2. The molecule has 1 aromatic carbocycles. The second-order valence-electron chi connectivity index (χ2n) is 5.44. The molecule has 2 N–H and O–H groups in total. The number of aliphatic carboxylic acids is 1. The predicted molar refractivity (Wildman–Crippen MR) is 80.4 cm³/mol. The van der Waals surface area contributed by atoms with Gasteiger partial charge in [0.1, 0.15) is 5.75 Å². The van der Waals surface area contributed by atoms with Gasteiger partial charge in [0.05, 0.1) is 12.5 Å². The molecule has 0 aromatic heterocycles. The van der Waals surface area contributed by atoms with Crippen molar-refractivity contribution in [1.82, 2.24) is 0 Å². The molecule has 6 heteroatoms. The van der Waals surface area contributed by atoms with Crippen LogP contribution in [0.15, 0.2) is 54.6 Å². The molecular formula is C17H18F2O4. The largest absolute Gasteiger partial charge is 0.487 e. The molecule has 0 spiro atoms. The Morgan fingerprint density at radius 2 is 1.96 bits per heavy atom. The Morgan fingerprint density at radius 1 is 1.26 bits per heavy atom. The Morgan fingerprint density at radius 3 is 2.61 bits per heavy atom. The van der Waals surface area contributed by atoms with E-state index in [0.29, 0.717) is 11.8 Å². The molecule has 0 radical (unpaired) electrons. The Labute approximate surface area is 132 Å². The van der Waals surface area contributed by atoms with Crippen molar-refractivity contribution in [2.24, 2.45) is 11.8 Å². The first kappa shape index (κ1) is 17.1. The minimum Gasteiger partial charge on any atom is -0.487 e. The lowest BCUT2D eigenvalue weighted by Gasteiger charge is -2.19. The molecule has 0 saturated heterocycles. The van der Waals surface area contributed by atoms with Crippen LogP contribution >= 0.6 is 0 Å². The number of aliphatic hydroxyl groups excluding tert-OH is 1. The molecule has 0 saturated carbocycles. The van der Waals surface area contributed by atoms with E-state index in [2.05, 4.69) is 0 Å². The zero-order chi connectivity index (χ0) is 16.9. The van der Waals surface area contributed by atoms with E-state index in [9.17, 15) is 18.7 Å². The van der Waals surface area contributed by atoms with Crippen molar-refractivity contribution >= 4 is 5.97 Å². The van der Waals surface area contributed by atoms with Gasteiger partial charge in [0, 0.05) is 5.92 Å². The number of aliphatic hydroxyl groups is 1. The summed E-state index contributed by atoms with van der Waals surface area (Å²) in [5.41, 5.74) is 0. The van der Waals surface area contributed by atoms with Gasteiger partial charge in [-0.05, 0) is 24.1 Å². The van der Waals surface area contributed by atoms with Gasteiger partial charge in [0.2, 0.25) is 0 Å². The number of benzene rings is 1. The highest BCUT2D eigenvalue weighted by Gasteiger charge is 2.32. The highest BCUT2D eigenvalue weighted by Crippen LogP contribution is 2.31. The summed E-state index contributed by atoms with van der Waals surface area (Å²) in [7, 11) is 0. The molecule has 23 heavy (non-hydrogen) atoms. The van der Waals surface area contributed by atoms with Crippen molar-refractivity contribution in [3.63, 3.8) is 0 Å². The fourth-order valence-electron chi connectivity index (χ4n) is 2.43. The highest BCUT2D eigenvalue weighted by atomic mass is 19.3. The van der Waals surface area contributed by atoms with Gasteiger partial charge in [-0.3, -0.25) is 4.79 Å². The number of carbonyl (C=O) groups is 1. The Hall–Kier alpha value is -2.21. The van der Waals surface area contributed by atoms with Gasteiger partial charge in [0.15, 0.2) is 6.61 Å². The van der Waals surface area contributed by atoms with Crippen molar-refractivity contribution in [2.75, 3.05) is 6.61 Å². The normalized spacial score (nSPS) is 24.2. The SMILES string of the molecule is O=C(O)C[C@H]1C=C[C@@H](O)[C@@H]1/C=C/C(F)(F)COc1ccccc1. The fourth-order valence-corrected chi connectivity index (χ4v) is 2.43. The zero-order valence-corrected chi connectivity index (χ0v) is 12.3. The summed E-state index contributed by atoms with van der Waals surface area (Å²) in [6, 6.07) is 8.27. The molecule has 1 aliphatic rings. The van der Waals surface area contributed by atoms with Gasteiger partial charge in [-0.25, -0.2) is 0 Å². The average Bonchev–Trinajstić information content (AvgIpc) is 2.84. The number of para-hydroxylation sites is 1. The lowest BCUT2D eigenvalue weighted by atomic mass is 9.90. The second-order valence-corrected chi connectivity index (χ2v) is 5.44. The standard InChI is InChI=1S/C17H18F2O4/c18-17(19,11-23-13-4-2-1-3-5-13)9-8-14-12(10-16(21)22)6-7-15(14)20/h1-9,12,14-15,20H,10-11H2,(H,21,22)/b9-8+/t12-,14-,15-/m1/s1. The summed E-state index contributed by atoms with van der Waals surface area (Å²) in [4.78, 5) is 10.8. The van der Waals surface area contributed by atoms with E-state index in [4.69, 9.17) is 9.84 Å². The first-order valence-electron chi connectivity index (χ1n) is 7.20. The van der Waals surface area contributed by atoms with Crippen LogP contribution in [0.25, 0.3) is 0 Å². The molecule has 0 heterocycles. The summed E-state index contributed by atoms with van der Waals surface area (Å²) in [5.74, 6) is -5.08. The van der Waals surface area contributed by atoms with Gasteiger partial charge in [-0.2, -0.15) is 8.78 Å². The number of alkyl halides is 2. The van der Waals surface area contributed by atoms with E-state index >= 15 is 0 Å². The predicted octanol–water partition coefficient (Wildman–Crippen LogP) is 2.89. The monoisotopic (exact) mass is 324 g/mol. The van der Waals surface area contributed by atoms with Crippen molar-refractivity contribution in [1.29, 1.82) is 0 Å². The van der Waals surface area contributed by atoms with Crippen LogP contribution in [0.1, 0.15) is 6.42 Å². The average molecular weight is 324 g/mol. The molecule has 0 aliphatic heterocycles. The minimum absolute atomic E-state index is 0.214. The van der Waals surface area contributed by atoms with Gasteiger partial charge >= 0.3 is 5.97 Å². The van der Waals surface area contributed by atoms with E-state index in [1.807, 2.05) is 0 Å². The van der Waals surface area contributed by atoms with E-state index in [-0.39, 0.29) is 6.42 Å². The molecule has 1 aliphatic carbocycles. The molecule has 0 amide bonds. The van der Waals surface area contributed by atoms with Crippen molar-refractivity contribution < 1.29 is 28.5 Å². The van der Waals surface area contributed by atoms with Crippen LogP contribution in [0.4, 0.5) is 8.78 Å². The third-order valence-electron chi connectivity index (χ3n) is 3.59. The Kier molecular flexibility index (Phi) is 5.50. The van der Waals surface area contributed by atoms with Crippen LogP contribution in [0.2, 0.25) is 0 Å². The number of rotatable bonds is 7. The minimum atomic E-state index is -3.22. The first-order valence-corrected chi connectivity index (χ1v) is 7.20. The molecule has 124 valence electrons. The van der Waals surface area contributed by atoms with E-state index < -0.39 is 36.4 Å². The van der Waals surface area contributed by atoms with Crippen molar-refractivity contribution in [3.8, 4) is 5.75 Å². The highest BCUT2D eigenvalue weighted by molar-refractivity contribution is 5.67. The zero-order valence-electron chi connectivity index (χ0n) is 12.3. The van der Waals surface area contributed by atoms with E-state index in [1.165, 1.54) is 12.2 Å². The van der Waals surface area contributed by atoms with Gasteiger partial charge in [0.25, 0.3) is 5.92 Å². The summed E-state index contributed by atoms with van der Waals surface area (Å²) in [6.45, 7) is -0.826. The number of hydrogen-bond donors (Lipinski definition) is 2. The maximum absolute atomic E-state index is 13.8. The van der Waals surface area contributed by atoms with Gasteiger partial charge in [-0.1, -0.05) is 36.4 Å².